The first-order chi connectivity index (χ1) is 6.88. The average molecular weight is 206 g/mol. The Morgan fingerprint density at radius 1 is 1.43 bits per heavy atom. The van der Waals surface area contributed by atoms with Gasteiger partial charge < -0.3 is 5.32 Å². The molecule has 0 saturated carbocycles. The van der Waals surface area contributed by atoms with Crippen molar-refractivity contribution in [3.63, 3.8) is 0 Å². The second-order valence-electron chi connectivity index (χ2n) is 3.29. The number of rotatable bonds is 2. The molecule has 1 heterocycles. The molecule has 0 fully saturated rings. The standard InChI is InChI=1S/C11H14N2S/c1-14-10-5-2-4-9(8-10)13-11-6-3-7-12-11/h2,4-5,8H,3,6-7H2,1H3,(H,12,13). The van der Waals surface area contributed by atoms with Crippen molar-refractivity contribution >= 4 is 23.3 Å². The number of hydrogen-bond acceptors (Lipinski definition) is 3. The molecular formula is C11H14N2S. The summed E-state index contributed by atoms with van der Waals surface area (Å²) >= 11 is 1.76. The van der Waals surface area contributed by atoms with Gasteiger partial charge in [0.05, 0.1) is 0 Å². The van der Waals surface area contributed by atoms with E-state index in [0.29, 0.717) is 0 Å². The summed E-state index contributed by atoms with van der Waals surface area (Å²) in [5, 5.41) is 3.35. The van der Waals surface area contributed by atoms with Gasteiger partial charge in [-0.2, -0.15) is 0 Å². The molecule has 74 valence electrons. The molecule has 0 aliphatic carbocycles. The van der Waals surface area contributed by atoms with E-state index < -0.39 is 0 Å². The largest absolute Gasteiger partial charge is 0.344 e. The van der Waals surface area contributed by atoms with Crippen molar-refractivity contribution in [3.05, 3.63) is 24.3 Å². The number of thioether (sulfide) groups is 1. The Labute approximate surface area is 88.8 Å². The lowest BCUT2D eigenvalue weighted by Gasteiger charge is -2.06. The third-order valence-corrected chi connectivity index (χ3v) is 2.96. The number of anilines is 1. The molecule has 1 aromatic rings. The molecule has 1 N–H and O–H groups in total. The fourth-order valence-corrected chi connectivity index (χ4v) is 1.97. The van der Waals surface area contributed by atoms with E-state index in [9.17, 15) is 0 Å². The van der Waals surface area contributed by atoms with Crippen LogP contribution in [0.3, 0.4) is 0 Å². The first-order valence-electron chi connectivity index (χ1n) is 4.83. The highest BCUT2D eigenvalue weighted by Crippen LogP contribution is 2.19. The van der Waals surface area contributed by atoms with E-state index in [1.54, 1.807) is 11.8 Å². The molecule has 3 heteroatoms. The second kappa shape index (κ2) is 4.51. The van der Waals surface area contributed by atoms with Gasteiger partial charge in [-0.1, -0.05) is 6.07 Å². The summed E-state index contributed by atoms with van der Waals surface area (Å²) in [6, 6.07) is 8.43. The van der Waals surface area contributed by atoms with Gasteiger partial charge in [-0.25, -0.2) is 0 Å². The lowest BCUT2D eigenvalue weighted by molar-refractivity contribution is 0.951. The first kappa shape index (κ1) is 9.59. The number of nitrogens with one attached hydrogen (secondary N) is 1. The molecule has 1 aliphatic rings. The van der Waals surface area contributed by atoms with Crippen LogP contribution in [0.4, 0.5) is 5.69 Å². The Morgan fingerprint density at radius 3 is 3.07 bits per heavy atom. The fourth-order valence-electron chi connectivity index (χ4n) is 1.51. The maximum Gasteiger partial charge on any atom is 0.101 e. The highest BCUT2D eigenvalue weighted by atomic mass is 32.2. The third kappa shape index (κ3) is 2.29. The van der Waals surface area contributed by atoms with Gasteiger partial charge in [-0.3, -0.25) is 4.99 Å². The number of amidine groups is 1. The van der Waals surface area contributed by atoms with Crippen LogP contribution in [0.1, 0.15) is 12.8 Å². The SMILES string of the molecule is CSc1cccc(NC2=NCCC2)c1. The molecule has 0 spiro atoms. The molecule has 0 saturated heterocycles. The molecule has 2 nitrogen and oxygen atoms in total. The lowest BCUT2D eigenvalue weighted by atomic mass is 10.3. The zero-order chi connectivity index (χ0) is 9.80. The average Bonchev–Trinajstić information content (AvgIpc) is 2.71. The molecule has 0 aromatic heterocycles. The number of aliphatic imine (C=N–C) groups is 1. The summed E-state index contributed by atoms with van der Waals surface area (Å²) in [6.07, 6.45) is 4.36. The zero-order valence-corrected chi connectivity index (χ0v) is 9.10. The van der Waals surface area contributed by atoms with Gasteiger partial charge in [0.15, 0.2) is 0 Å². The summed E-state index contributed by atoms with van der Waals surface area (Å²) in [7, 11) is 0. The molecule has 0 unspecified atom stereocenters. The minimum absolute atomic E-state index is 0.977. The van der Waals surface area contributed by atoms with Crippen molar-refractivity contribution in [2.75, 3.05) is 18.1 Å². The Kier molecular flexibility index (Phi) is 3.09. The van der Waals surface area contributed by atoms with E-state index in [4.69, 9.17) is 0 Å². The summed E-state index contributed by atoms with van der Waals surface area (Å²) in [6.45, 7) is 0.977. The van der Waals surface area contributed by atoms with Gasteiger partial charge in [0.1, 0.15) is 5.84 Å². The topological polar surface area (TPSA) is 24.4 Å². The predicted octanol–water partition coefficient (Wildman–Crippen LogP) is 3.01. The van der Waals surface area contributed by atoms with Gasteiger partial charge in [0.25, 0.3) is 0 Å². The second-order valence-corrected chi connectivity index (χ2v) is 4.17. The lowest BCUT2D eigenvalue weighted by Crippen LogP contribution is -2.07. The maximum atomic E-state index is 4.39. The van der Waals surface area contributed by atoms with E-state index in [1.165, 1.54) is 11.3 Å². The van der Waals surface area contributed by atoms with Crippen LogP contribution in [-0.2, 0) is 0 Å². The van der Waals surface area contributed by atoms with Crippen LogP contribution in [-0.4, -0.2) is 18.6 Å². The Bertz CT molecular complexity index is 347. The van der Waals surface area contributed by atoms with Crippen LogP contribution in [0.25, 0.3) is 0 Å². The normalized spacial score (nSPS) is 15.4. The molecule has 1 aliphatic heterocycles. The number of benzene rings is 1. The quantitative estimate of drug-likeness (QED) is 0.752. The van der Waals surface area contributed by atoms with Crippen molar-refractivity contribution in [2.24, 2.45) is 4.99 Å². The molecular weight excluding hydrogens is 192 g/mol. The Balaban J connectivity index is 2.08. The van der Waals surface area contributed by atoms with Gasteiger partial charge in [0.2, 0.25) is 0 Å². The van der Waals surface area contributed by atoms with E-state index in [1.807, 2.05) is 0 Å². The molecule has 2 rings (SSSR count). The Hall–Kier alpha value is -0.960. The van der Waals surface area contributed by atoms with Gasteiger partial charge in [-0.15, -0.1) is 11.8 Å². The summed E-state index contributed by atoms with van der Waals surface area (Å²) in [5.41, 5.74) is 1.15. The fraction of sp³-hybridized carbons (Fsp3) is 0.364. The summed E-state index contributed by atoms with van der Waals surface area (Å²) in [5.74, 6) is 1.13. The molecule has 0 atom stereocenters. The van der Waals surface area contributed by atoms with Crippen LogP contribution in [0.15, 0.2) is 34.2 Å². The van der Waals surface area contributed by atoms with E-state index in [-0.39, 0.29) is 0 Å². The smallest absolute Gasteiger partial charge is 0.101 e. The van der Waals surface area contributed by atoms with E-state index in [0.717, 1.165) is 24.5 Å². The van der Waals surface area contributed by atoms with E-state index >= 15 is 0 Å². The number of nitrogens with zero attached hydrogens (tertiary/aromatic N) is 1. The van der Waals surface area contributed by atoms with Crippen molar-refractivity contribution in [2.45, 2.75) is 17.7 Å². The van der Waals surface area contributed by atoms with Crippen molar-refractivity contribution in [3.8, 4) is 0 Å². The maximum absolute atomic E-state index is 4.39. The van der Waals surface area contributed by atoms with Gasteiger partial charge in [-0.05, 0) is 30.9 Å². The molecule has 0 bridgehead atoms. The molecule has 14 heavy (non-hydrogen) atoms. The molecule has 1 aromatic carbocycles. The van der Waals surface area contributed by atoms with Crippen LogP contribution in [0, 0.1) is 0 Å². The van der Waals surface area contributed by atoms with Gasteiger partial charge in [0, 0.05) is 23.5 Å². The van der Waals surface area contributed by atoms with E-state index in [2.05, 4.69) is 40.8 Å². The van der Waals surface area contributed by atoms with Crippen LogP contribution < -0.4 is 5.32 Å². The summed E-state index contributed by atoms with van der Waals surface area (Å²) in [4.78, 5) is 5.67. The van der Waals surface area contributed by atoms with Crippen molar-refractivity contribution in [1.29, 1.82) is 0 Å². The third-order valence-electron chi connectivity index (χ3n) is 2.23. The predicted molar refractivity (Wildman–Crippen MR) is 63.4 cm³/mol. The zero-order valence-electron chi connectivity index (χ0n) is 8.29. The minimum atomic E-state index is 0.977. The molecule has 0 amide bonds. The van der Waals surface area contributed by atoms with Crippen LogP contribution in [0.2, 0.25) is 0 Å². The number of hydrogen-bond donors (Lipinski definition) is 1. The van der Waals surface area contributed by atoms with Crippen molar-refractivity contribution in [1.82, 2.24) is 0 Å². The molecule has 0 radical (unpaired) electrons. The highest BCUT2D eigenvalue weighted by Gasteiger charge is 2.05. The first-order valence-corrected chi connectivity index (χ1v) is 6.05. The highest BCUT2D eigenvalue weighted by molar-refractivity contribution is 7.98. The summed E-state index contributed by atoms with van der Waals surface area (Å²) < 4.78 is 0. The van der Waals surface area contributed by atoms with Crippen LogP contribution >= 0.6 is 11.8 Å². The Morgan fingerprint density at radius 2 is 2.36 bits per heavy atom. The monoisotopic (exact) mass is 206 g/mol. The van der Waals surface area contributed by atoms with Crippen LogP contribution in [0.5, 0.6) is 0 Å². The minimum Gasteiger partial charge on any atom is -0.344 e. The van der Waals surface area contributed by atoms with Crippen molar-refractivity contribution < 1.29 is 0 Å². The van der Waals surface area contributed by atoms with Gasteiger partial charge >= 0.3 is 0 Å².